The maximum absolute atomic E-state index is 12.9. The van der Waals surface area contributed by atoms with E-state index in [-0.39, 0.29) is 47.0 Å². The van der Waals surface area contributed by atoms with Crippen molar-refractivity contribution in [2.75, 3.05) is 0 Å². The fourth-order valence-electron chi connectivity index (χ4n) is 7.39. The second kappa shape index (κ2) is 20.0. The molecular weight excluding hydrogens is 633 g/mol. The third-order valence-corrected chi connectivity index (χ3v) is 10.8. The van der Waals surface area contributed by atoms with Crippen molar-refractivity contribution in [1.82, 2.24) is 0 Å². The lowest BCUT2D eigenvalue weighted by Crippen LogP contribution is -2.38. The van der Waals surface area contributed by atoms with E-state index in [0.717, 1.165) is 49.7 Å². The number of hydrogen-bond donors (Lipinski definition) is 0. The first-order valence-electron chi connectivity index (χ1n) is 19.1. The number of carbonyl (C=O) groups is 3. The highest BCUT2D eigenvalue weighted by Crippen LogP contribution is 2.46. The zero-order valence-electron chi connectivity index (χ0n) is 34.2. The molecule has 0 heterocycles. The van der Waals surface area contributed by atoms with Crippen molar-refractivity contribution in [2.24, 2.45) is 22.7 Å². The standard InChI is InChI=1S/C46H68O5/c1-14-43(48)51-42-30-46(12,13)40(37(8)44(42)49)28-26-34(5)24-18-22-32(3)20-16-15-19-31(2)21-17-23-33(4)25-27-39-35(6)36(7)41(50-38(9)47)29-45(39,10)11/h17-22,24,26,28,33,36,41-42H,14-16,23,25,27,29-30H2,1-13H3/b21-17+,22-18+,28-26+,31-19+,32-20+,34-24+. The van der Waals surface area contributed by atoms with Crippen LogP contribution in [0.25, 0.3) is 0 Å². The van der Waals surface area contributed by atoms with Gasteiger partial charge in [-0.15, -0.1) is 0 Å². The van der Waals surface area contributed by atoms with Crippen LogP contribution in [-0.4, -0.2) is 29.9 Å². The summed E-state index contributed by atoms with van der Waals surface area (Å²) in [6, 6.07) is 0. The average Bonchev–Trinajstić information content (AvgIpc) is 3.03. The molecule has 5 heteroatoms. The van der Waals surface area contributed by atoms with E-state index < -0.39 is 6.10 Å². The van der Waals surface area contributed by atoms with Crippen LogP contribution in [0.5, 0.6) is 0 Å². The molecule has 0 aromatic rings. The summed E-state index contributed by atoms with van der Waals surface area (Å²) in [5, 5.41) is 0. The minimum absolute atomic E-state index is 0.0262. The number of carbonyl (C=O) groups excluding carboxylic acids is 3. The van der Waals surface area contributed by atoms with Gasteiger partial charge >= 0.3 is 11.9 Å². The van der Waals surface area contributed by atoms with E-state index in [9.17, 15) is 14.4 Å². The summed E-state index contributed by atoms with van der Waals surface area (Å²) in [6.07, 6.45) is 25.8. The van der Waals surface area contributed by atoms with Crippen molar-refractivity contribution in [2.45, 2.75) is 154 Å². The first-order chi connectivity index (χ1) is 23.8. The molecule has 0 spiro atoms. The van der Waals surface area contributed by atoms with Gasteiger partial charge in [-0.05, 0) is 101 Å². The molecule has 0 aromatic heterocycles. The van der Waals surface area contributed by atoms with E-state index in [1.165, 1.54) is 23.6 Å². The Hall–Kier alpha value is -3.47. The van der Waals surface area contributed by atoms with Gasteiger partial charge in [0.25, 0.3) is 0 Å². The van der Waals surface area contributed by atoms with Crippen molar-refractivity contribution in [3.8, 4) is 0 Å². The molecule has 2 aliphatic rings. The monoisotopic (exact) mass is 701 g/mol. The molecular formula is C46H68O5. The molecule has 0 bridgehead atoms. The van der Waals surface area contributed by atoms with E-state index in [2.05, 4.69) is 118 Å². The molecule has 5 nitrogen and oxygen atoms in total. The van der Waals surface area contributed by atoms with Crippen LogP contribution in [0.4, 0.5) is 0 Å². The van der Waals surface area contributed by atoms with Crippen LogP contribution in [-0.2, 0) is 23.9 Å². The number of unbranched alkanes of at least 4 members (excludes halogenated alkanes) is 1. The summed E-state index contributed by atoms with van der Waals surface area (Å²) in [5.41, 5.74) is 8.02. The summed E-state index contributed by atoms with van der Waals surface area (Å²) >= 11 is 0. The molecule has 0 N–H and O–H groups in total. The van der Waals surface area contributed by atoms with Gasteiger partial charge in [0.15, 0.2) is 11.9 Å². The van der Waals surface area contributed by atoms with Crippen LogP contribution in [0.1, 0.15) is 141 Å². The molecule has 0 fully saturated rings. The molecule has 0 amide bonds. The molecule has 51 heavy (non-hydrogen) atoms. The molecule has 4 unspecified atom stereocenters. The normalized spacial score (nSPS) is 23.9. The summed E-state index contributed by atoms with van der Waals surface area (Å²) in [7, 11) is 0. The Balaban J connectivity index is 1.84. The number of esters is 2. The number of Topliss-reactive ketones (excluding diaryl/α,β-unsaturated/α-hetero) is 1. The fourth-order valence-corrected chi connectivity index (χ4v) is 7.39. The predicted octanol–water partition coefficient (Wildman–Crippen LogP) is 12.0. The first-order valence-corrected chi connectivity index (χ1v) is 19.1. The third kappa shape index (κ3) is 13.9. The minimum Gasteiger partial charge on any atom is -0.462 e. The number of ether oxygens (including phenoxy) is 2. The summed E-state index contributed by atoms with van der Waals surface area (Å²) in [6.45, 7) is 27.0. The van der Waals surface area contributed by atoms with Crippen LogP contribution >= 0.6 is 0 Å². The Bertz CT molecular complexity index is 1500. The van der Waals surface area contributed by atoms with Gasteiger partial charge in [-0.3, -0.25) is 14.4 Å². The maximum Gasteiger partial charge on any atom is 0.306 e. The number of hydrogen-bond acceptors (Lipinski definition) is 5. The van der Waals surface area contributed by atoms with Gasteiger partial charge in [-0.2, -0.15) is 0 Å². The number of allylic oxidation sites excluding steroid dienone is 14. The number of ketones is 1. The fraction of sp³-hybridized carbons (Fsp3) is 0.587. The van der Waals surface area contributed by atoms with Gasteiger partial charge in [-0.25, -0.2) is 0 Å². The van der Waals surface area contributed by atoms with Gasteiger partial charge in [0.2, 0.25) is 0 Å². The Morgan fingerprint density at radius 1 is 0.882 bits per heavy atom. The first kappa shape index (κ1) is 43.7. The molecule has 0 aliphatic heterocycles. The molecule has 4 atom stereocenters. The highest BCUT2D eigenvalue weighted by Gasteiger charge is 2.40. The second-order valence-corrected chi connectivity index (χ2v) is 16.4. The lowest BCUT2D eigenvalue weighted by Gasteiger charge is -2.42. The molecule has 0 saturated carbocycles. The quantitative estimate of drug-likeness (QED) is 0.0694. The van der Waals surface area contributed by atoms with Crippen LogP contribution in [0.15, 0.2) is 93.7 Å². The van der Waals surface area contributed by atoms with Crippen molar-refractivity contribution >= 4 is 17.7 Å². The van der Waals surface area contributed by atoms with E-state index in [4.69, 9.17) is 9.47 Å². The van der Waals surface area contributed by atoms with Gasteiger partial charge < -0.3 is 9.47 Å². The molecule has 0 radical (unpaired) electrons. The zero-order valence-corrected chi connectivity index (χ0v) is 34.2. The molecule has 2 rings (SSSR count). The number of rotatable bonds is 16. The Labute approximate surface area is 310 Å². The highest BCUT2D eigenvalue weighted by molar-refractivity contribution is 6.01. The second-order valence-electron chi connectivity index (χ2n) is 16.4. The van der Waals surface area contributed by atoms with Gasteiger partial charge in [0.1, 0.15) is 6.10 Å². The van der Waals surface area contributed by atoms with Crippen LogP contribution < -0.4 is 0 Å². The molecule has 2 aliphatic carbocycles. The lowest BCUT2D eigenvalue weighted by atomic mass is 9.66. The summed E-state index contributed by atoms with van der Waals surface area (Å²) in [4.78, 5) is 36.3. The topological polar surface area (TPSA) is 69.7 Å². The van der Waals surface area contributed by atoms with E-state index >= 15 is 0 Å². The molecule has 0 saturated heterocycles. The lowest BCUT2D eigenvalue weighted by molar-refractivity contribution is -0.155. The van der Waals surface area contributed by atoms with E-state index in [1.807, 2.05) is 13.0 Å². The Morgan fingerprint density at radius 3 is 2.12 bits per heavy atom. The molecule has 282 valence electrons. The smallest absolute Gasteiger partial charge is 0.306 e. The SMILES string of the molecule is CCC(=O)OC1CC(C)(C)C(/C=C/C(C)=C/C=C/C(C)=C/CC/C=C(C)/C=C/CC(C)CCC2=C(C)C(C)C(OC(C)=O)CC2(C)C)=C(C)C1=O. The largest absolute Gasteiger partial charge is 0.462 e. The van der Waals surface area contributed by atoms with Crippen molar-refractivity contribution in [3.05, 3.63) is 93.7 Å². The minimum atomic E-state index is -0.697. The highest BCUT2D eigenvalue weighted by atomic mass is 16.5. The van der Waals surface area contributed by atoms with Gasteiger partial charge in [-0.1, -0.05) is 131 Å². The van der Waals surface area contributed by atoms with Crippen molar-refractivity contribution < 1.29 is 23.9 Å². The van der Waals surface area contributed by atoms with Crippen LogP contribution in [0.3, 0.4) is 0 Å². The van der Waals surface area contributed by atoms with Gasteiger partial charge in [0.05, 0.1) is 0 Å². The Kier molecular flexibility index (Phi) is 17.1. The van der Waals surface area contributed by atoms with E-state index in [0.29, 0.717) is 17.9 Å². The van der Waals surface area contributed by atoms with Crippen molar-refractivity contribution in [3.63, 3.8) is 0 Å². The maximum atomic E-state index is 12.9. The third-order valence-electron chi connectivity index (χ3n) is 10.8. The molecule has 0 aromatic carbocycles. The summed E-state index contributed by atoms with van der Waals surface area (Å²) < 4.78 is 11.1. The average molecular weight is 701 g/mol. The van der Waals surface area contributed by atoms with E-state index in [1.54, 1.807) is 12.5 Å². The summed E-state index contributed by atoms with van der Waals surface area (Å²) in [5.74, 6) is 0.264. The van der Waals surface area contributed by atoms with Crippen LogP contribution in [0, 0.1) is 22.7 Å². The zero-order chi connectivity index (χ0) is 38.5. The van der Waals surface area contributed by atoms with Gasteiger partial charge in [0, 0.05) is 25.7 Å². The predicted molar refractivity (Wildman–Crippen MR) is 213 cm³/mol. The van der Waals surface area contributed by atoms with Crippen molar-refractivity contribution in [1.29, 1.82) is 0 Å². The van der Waals surface area contributed by atoms with Crippen LogP contribution in [0.2, 0.25) is 0 Å². The Morgan fingerprint density at radius 2 is 1.51 bits per heavy atom.